The predicted molar refractivity (Wildman–Crippen MR) is 74.9 cm³/mol. The fourth-order valence-corrected chi connectivity index (χ4v) is 4.02. The van der Waals surface area contributed by atoms with Crippen LogP contribution in [-0.4, -0.2) is 12.0 Å². The molecular formula is C14H21F3N2S. The van der Waals surface area contributed by atoms with Crippen molar-refractivity contribution in [1.82, 2.24) is 10.3 Å². The van der Waals surface area contributed by atoms with Gasteiger partial charge in [0.2, 0.25) is 0 Å². The molecule has 0 spiro atoms. The number of thiazole rings is 1. The Morgan fingerprint density at radius 3 is 2.30 bits per heavy atom. The normalized spacial score (nSPS) is 18.8. The summed E-state index contributed by atoms with van der Waals surface area (Å²) in [6.45, 7) is 0.235. The van der Waals surface area contributed by atoms with Crippen LogP contribution in [0.1, 0.15) is 66.4 Å². The zero-order valence-corrected chi connectivity index (χ0v) is 12.5. The van der Waals surface area contributed by atoms with E-state index >= 15 is 0 Å². The molecule has 20 heavy (non-hydrogen) atoms. The van der Waals surface area contributed by atoms with Crippen LogP contribution in [0.3, 0.4) is 0 Å². The van der Waals surface area contributed by atoms with Gasteiger partial charge in [0, 0.05) is 12.5 Å². The minimum absolute atomic E-state index is 0.215. The number of nitrogens with zero attached hydrogens (tertiary/aromatic N) is 1. The van der Waals surface area contributed by atoms with E-state index in [-0.39, 0.29) is 12.5 Å². The molecule has 2 nitrogen and oxygen atoms in total. The summed E-state index contributed by atoms with van der Waals surface area (Å²) in [5.74, 6) is 0.215. The van der Waals surface area contributed by atoms with E-state index in [4.69, 9.17) is 0 Å². The molecule has 0 amide bonds. The molecule has 0 atom stereocenters. The van der Waals surface area contributed by atoms with Gasteiger partial charge in [-0.15, -0.1) is 11.3 Å². The van der Waals surface area contributed by atoms with Gasteiger partial charge in [-0.25, -0.2) is 4.98 Å². The summed E-state index contributed by atoms with van der Waals surface area (Å²) in [4.78, 5) is 4.27. The highest BCUT2D eigenvalue weighted by Crippen LogP contribution is 2.39. The Morgan fingerprint density at radius 1 is 1.15 bits per heavy atom. The maximum absolute atomic E-state index is 13.0. The van der Waals surface area contributed by atoms with E-state index < -0.39 is 11.9 Å². The summed E-state index contributed by atoms with van der Waals surface area (Å²) < 4.78 is 39.0. The van der Waals surface area contributed by atoms with Crippen molar-refractivity contribution >= 4 is 11.3 Å². The van der Waals surface area contributed by atoms with Crippen molar-refractivity contribution in [3.63, 3.8) is 0 Å². The molecule has 0 bridgehead atoms. The van der Waals surface area contributed by atoms with Crippen molar-refractivity contribution in [2.45, 2.75) is 63.6 Å². The predicted octanol–water partition coefficient (Wildman–Crippen LogP) is 4.71. The second kappa shape index (κ2) is 6.89. The molecule has 1 saturated carbocycles. The first kappa shape index (κ1) is 15.8. The fourth-order valence-electron chi connectivity index (χ4n) is 2.75. The van der Waals surface area contributed by atoms with Crippen molar-refractivity contribution in [2.24, 2.45) is 0 Å². The fraction of sp³-hybridized carbons (Fsp3) is 0.786. The van der Waals surface area contributed by atoms with Gasteiger partial charge in [-0.3, -0.25) is 0 Å². The van der Waals surface area contributed by atoms with Gasteiger partial charge in [-0.2, -0.15) is 13.2 Å². The molecule has 1 fully saturated rings. The van der Waals surface area contributed by atoms with E-state index in [0.29, 0.717) is 9.88 Å². The van der Waals surface area contributed by atoms with Gasteiger partial charge in [0.15, 0.2) is 5.69 Å². The molecule has 0 aliphatic heterocycles. The standard InChI is InChI=1S/C14H21F3N2S/c1-18-9-11-12(14(15,16)17)19-13(20-11)10-7-5-3-2-4-6-8-10/h10,18H,2-9H2,1H3. The topological polar surface area (TPSA) is 24.9 Å². The molecule has 1 aliphatic rings. The Morgan fingerprint density at radius 2 is 1.75 bits per heavy atom. The van der Waals surface area contributed by atoms with Crippen molar-refractivity contribution in [1.29, 1.82) is 0 Å². The van der Waals surface area contributed by atoms with E-state index in [0.717, 1.165) is 25.7 Å². The van der Waals surface area contributed by atoms with Gasteiger partial charge in [0.05, 0.1) is 9.88 Å². The van der Waals surface area contributed by atoms with E-state index in [1.165, 1.54) is 30.6 Å². The van der Waals surface area contributed by atoms with Crippen molar-refractivity contribution < 1.29 is 13.2 Å². The van der Waals surface area contributed by atoms with Gasteiger partial charge in [0.25, 0.3) is 0 Å². The van der Waals surface area contributed by atoms with Crippen LogP contribution in [0.4, 0.5) is 13.2 Å². The van der Waals surface area contributed by atoms with Crippen LogP contribution in [0.2, 0.25) is 0 Å². The highest BCUT2D eigenvalue weighted by Gasteiger charge is 2.37. The lowest BCUT2D eigenvalue weighted by Gasteiger charge is -2.17. The zero-order chi connectivity index (χ0) is 14.6. The van der Waals surface area contributed by atoms with Crippen LogP contribution in [0.5, 0.6) is 0 Å². The van der Waals surface area contributed by atoms with Crippen molar-refractivity contribution in [2.75, 3.05) is 7.05 Å². The largest absolute Gasteiger partial charge is 0.434 e. The van der Waals surface area contributed by atoms with Crippen LogP contribution in [0.15, 0.2) is 0 Å². The van der Waals surface area contributed by atoms with E-state index in [1.54, 1.807) is 7.05 Å². The minimum atomic E-state index is -4.34. The number of hydrogen-bond donors (Lipinski definition) is 1. The smallest absolute Gasteiger partial charge is 0.315 e. The first-order valence-electron chi connectivity index (χ1n) is 7.23. The third-order valence-electron chi connectivity index (χ3n) is 3.77. The average molecular weight is 306 g/mol. The van der Waals surface area contributed by atoms with Crippen LogP contribution in [-0.2, 0) is 12.7 Å². The molecule has 0 unspecified atom stereocenters. The number of hydrogen-bond acceptors (Lipinski definition) is 3. The molecule has 1 aliphatic carbocycles. The molecule has 114 valence electrons. The second-order valence-electron chi connectivity index (χ2n) is 5.39. The molecule has 1 aromatic heterocycles. The molecule has 1 heterocycles. The Balaban J connectivity index is 2.22. The lowest BCUT2D eigenvalue weighted by atomic mass is 9.92. The lowest BCUT2D eigenvalue weighted by molar-refractivity contribution is -0.141. The second-order valence-corrected chi connectivity index (χ2v) is 6.51. The first-order chi connectivity index (χ1) is 9.52. The third-order valence-corrected chi connectivity index (χ3v) is 4.99. The molecule has 6 heteroatoms. The molecule has 0 aromatic carbocycles. The van der Waals surface area contributed by atoms with Crippen LogP contribution < -0.4 is 5.32 Å². The van der Waals surface area contributed by atoms with Crippen LogP contribution >= 0.6 is 11.3 Å². The van der Waals surface area contributed by atoms with Crippen molar-refractivity contribution in [3.05, 3.63) is 15.6 Å². The average Bonchev–Trinajstić information content (AvgIpc) is 2.72. The summed E-state index contributed by atoms with van der Waals surface area (Å²) >= 11 is 1.24. The van der Waals surface area contributed by atoms with Gasteiger partial charge < -0.3 is 5.32 Å². The Kier molecular flexibility index (Phi) is 5.43. The SMILES string of the molecule is CNCc1sc(C2CCCCCCC2)nc1C(F)(F)F. The number of aromatic nitrogens is 1. The minimum Gasteiger partial charge on any atom is -0.315 e. The van der Waals surface area contributed by atoms with Crippen LogP contribution in [0, 0.1) is 0 Å². The molecular weight excluding hydrogens is 285 g/mol. The number of nitrogens with one attached hydrogen (secondary N) is 1. The van der Waals surface area contributed by atoms with E-state index in [2.05, 4.69) is 10.3 Å². The molecule has 2 rings (SSSR count). The molecule has 0 radical (unpaired) electrons. The summed E-state index contributed by atoms with van der Waals surface area (Å²) in [6.07, 6.45) is 3.45. The van der Waals surface area contributed by atoms with Gasteiger partial charge in [-0.05, 0) is 19.9 Å². The summed E-state index contributed by atoms with van der Waals surface area (Å²) in [5.41, 5.74) is -0.686. The summed E-state index contributed by atoms with van der Waals surface area (Å²) in [5, 5.41) is 3.49. The summed E-state index contributed by atoms with van der Waals surface area (Å²) in [7, 11) is 1.66. The lowest BCUT2D eigenvalue weighted by Crippen LogP contribution is -2.13. The molecule has 1 aromatic rings. The maximum atomic E-state index is 13.0. The van der Waals surface area contributed by atoms with E-state index in [9.17, 15) is 13.2 Å². The molecule has 1 N–H and O–H groups in total. The third kappa shape index (κ3) is 3.95. The number of alkyl halides is 3. The highest BCUT2D eigenvalue weighted by molar-refractivity contribution is 7.11. The van der Waals surface area contributed by atoms with Crippen molar-refractivity contribution in [3.8, 4) is 0 Å². The van der Waals surface area contributed by atoms with Crippen LogP contribution in [0.25, 0.3) is 0 Å². The van der Waals surface area contributed by atoms with Gasteiger partial charge >= 0.3 is 6.18 Å². The summed E-state index contributed by atoms with van der Waals surface area (Å²) in [6, 6.07) is 0. The maximum Gasteiger partial charge on any atom is 0.434 e. The van der Waals surface area contributed by atoms with E-state index in [1.807, 2.05) is 0 Å². The number of rotatable bonds is 3. The first-order valence-corrected chi connectivity index (χ1v) is 8.05. The highest BCUT2D eigenvalue weighted by atomic mass is 32.1. The van der Waals surface area contributed by atoms with Gasteiger partial charge in [-0.1, -0.05) is 32.1 Å². The monoisotopic (exact) mass is 306 g/mol. The zero-order valence-electron chi connectivity index (χ0n) is 11.7. The Bertz CT molecular complexity index is 421. The van der Waals surface area contributed by atoms with Gasteiger partial charge in [0.1, 0.15) is 0 Å². The Labute approximate surface area is 121 Å². The molecule has 0 saturated heterocycles. The number of halogens is 3. The Hall–Kier alpha value is -0.620. The quantitative estimate of drug-likeness (QED) is 0.875.